The van der Waals surface area contributed by atoms with E-state index in [9.17, 15) is 9.90 Å². The summed E-state index contributed by atoms with van der Waals surface area (Å²) in [6, 6.07) is 12.3. The molecule has 1 N–H and O–H groups in total. The second kappa shape index (κ2) is 5.07. The summed E-state index contributed by atoms with van der Waals surface area (Å²) < 4.78 is 0. The summed E-state index contributed by atoms with van der Waals surface area (Å²) in [6.45, 7) is 0. The van der Waals surface area contributed by atoms with Gasteiger partial charge in [0.1, 0.15) is 12.0 Å². The van der Waals surface area contributed by atoms with Gasteiger partial charge in [-0.2, -0.15) is 0 Å². The van der Waals surface area contributed by atoms with Crippen molar-refractivity contribution in [1.82, 2.24) is 4.98 Å². The summed E-state index contributed by atoms with van der Waals surface area (Å²) in [4.78, 5) is 14.9. The maximum Gasteiger partial charge on any atom is 0.143 e. The molecule has 2 rings (SSSR count). The molecule has 0 atom stereocenters. The Kier molecular flexibility index (Phi) is 3.31. The number of carbonyl (C=O) groups is 1. The van der Waals surface area contributed by atoms with Crippen LogP contribution in [0.2, 0.25) is 0 Å². The molecular formula is C14H11NO2. The van der Waals surface area contributed by atoms with Crippen molar-refractivity contribution in [2.75, 3.05) is 0 Å². The molecule has 0 bridgehead atoms. The molecule has 0 amide bonds. The fourth-order valence-corrected chi connectivity index (χ4v) is 1.60. The molecule has 1 aromatic carbocycles. The first-order chi connectivity index (χ1) is 8.33. The number of hydrogen-bond acceptors (Lipinski definition) is 3. The summed E-state index contributed by atoms with van der Waals surface area (Å²) in [5.41, 5.74) is 1.86. The number of para-hydroxylation sites is 1. The van der Waals surface area contributed by atoms with Gasteiger partial charge in [-0.15, -0.1) is 0 Å². The minimum atomic E-state index is 0.131. The number of phenols is 1. The number of aromatic nitrogens is 1. The monoisotopic (exact) mass is 225 g/mol. The number of rotatable bonds is 3. The molecule has 1 aromatic heterocycles. The van der Waals surface area contributed by atoms with Gasteiger partial charge in [0.15, 0.2) is 0 Å². The van der Waals surface area contributed by atoms with E-state index in [1.54, 1.807) is 42.6 Å². The third kappa shape index (κ3) is 2.39. The summed E-state index contributed by atoms with van der Waals surface area (Å²) in [5, 5.41) is 9.78. The zero-order valence-electron chi connectivity index (χ0n) is 9.08. The van der Waals surface area contributed by atoms with E-state index in [-0.39, 0.29) is 5.75 Å². The molecule has 0 aliphatic carbocycles. The molecule has 0 aliphatic heterocycles. The van der Waals surface area contributed by atoms with Crippen molar-refractivity contribution >= 4 is 11.9 Å². The molecule has 0 saturated carbocycles. The van der Waals surface area contributed by atoms with Crippen LogP contribution in [-0.4, -0.2) is 16.4 Å². The first-order valence-electron chi connectivity index (χ1n) is 5.18. The molecule has 2 aromatic rings. The summed E-state index contributed by atoms with van der Waals surface area (Å²) in [5.74, 6) is 0.131. The normalized spacial score (nSPS) is 11.2. The molecule has 0 unspecified atom stereocenters. The van der Waals surface area contributed by atoms with Gasteiger partial charge in [0.05, 0.1) is 5.69 Å². The van der Waals surface area contributed by atoms with Crippen LogP contribution >= 0.6 is 0 Å². The maximum absolute atomic E-state index is 10.7. The van der Waals surface area contributed by atoms with Crippen LogP contribution in [0, 0.1) is 0 Å². The van der Waals surface area contributed by atoms with Crippen LogP contribution in [0.5, 0.6) is 5.75 Å². The number of nitrogens with zero attached hydrogens (tertiary/aromatic N) is 1. The highest BCUT2D eigenvalue weighted by molar-refractivity contribution is 5.90. The first kappa shape index (κ1) is 11.1. The van der Waals surface area contributed by atoms with Crippen molar-refractivity contribution in [3.05, 3.63) is 66.0 Å². The van der Waals surface area contributed by atoms with Crippen LogP contribution in [0.3, 0.4) is 0 Å². The van der Waals surface area contributed by atoms with Crippen molar-refractivity contribution < 1.29 is 9.90 Å². The predicted octanol–water partition coefficient (Wildman–Crippen LogP) is 2.42. The first-order valence-corrected chi connectivity index (χ1v) is 5.18. The molecule has 84 valence electrons. The molecule has 0 aliphatic rings. The fraction of sp³-hybridized carbons (Fsp3) is 0. The van der Waals surface area contributed by atoms with Crippen molar-refractivity contribution in [1.29, 1.82) is 0 Å². The lowest BCUT2D eigenvalue weighted by atomic mass is 10.0. The minimum absolute atomic E-state index is 0.131. The van der Waals surface area contributed by atoms with E-state index < -0.39 is 0 Å². The van der Waals surface area contributed by atoms with Crippen molar-refractivity contribution in [3.8, 4) is 5.75 Å². The number of aldehydes is 1. The lowest BCUT2D eigenvalue weighted by molar-refractivity contribution is -0.104. The largest absolute Gasteiger partial charge is 0.507 e. The molecule has 0 fully saturated rings. The van der Waals surface area contributed by atoms with Crippen LogP contribution in [0.4, 0.5) is 0 Å². The van der Waals surface area contributed by atoms with Gasteiger partial charge in [-0.3, -0.25) is 9.78 Å². The lowest BCUT2D eigenvalue weighted by Gasteiger charge is -2.07. The molecule has 1 heterocycles. The Hall–Kier alpha value is -2.42. The summed E-state index contributed by atoms with van der Waals surface area (Å²) in [7, 11) is 0. The highest BCUT2D eigenvalue weighted by Gasteiger charge is 2.09. The number of benzene rings is 1. The molecule has 3 nitrogen and oxygen atoms in total. The number of aromatic hydroxyl groups is 1. The van der Waals surface area contributed by atoms with Gasteiger partial charge in [0.25, 0.3) is 0 Å². The number of pyridine rings is 1. The van der Waals surface area contributed by atoms with E-state index in [0.717, 1.165) is 0 Å². The standard InChI is InChI=1S/C14H11NO2/c16-10-8-11(13-6-3-4-9-15-13)12-5-1-2-7-14(12)17/h1-10,17H. The average molecular weight is 225 g/mol. The third-order valence-corrected chi connectivity index (χ3v) is 2.37. The van der Waals surface area contributed by atoms with Crippen molar-refractivity contribution in [2.45, 2.75) is 0 Å². The van der Waals surface area contributed by atoms with Crippen LogP contribution in [-0.2, 0) is 4.79 Å². The second-order valence-electron chi connectivity index (χ2n) is 3.45. The Morgan fingerprint density at radius 3 is 2.53 bits per heavy atom. The molecule has 0 spiro atoms. The van der Waals surface area contributed by atoms with Gasteiger partial charge in [-0.05, 0) is 24.3 Å². The summed E-state index contributed by atoms with van der Waals surface area (Å²) in [6.07, 6.45) is 3.74. The Balaban J connectivity index is 2.56. The molecule has 17 heavy (non-hydrogen) atoms. The number of allylic oxidation sites excluding steroid dienone is 1. The molecular weight excluding hydrogens is 214 g/mol. The van der Waals surface area contributed by atoms with Gasteiger partial charge in [-0.1, -0.05) is 24.3 Å². The van der Waals surface area contributed by atoms with Gasteiger partial charge >= 0.3 is 0 Å². The fourth-order valence-electron chi connectivity index (χ4n) is 1.60. The maximum atomic E-state index is 10.7. The number of carbonyl (C=O) groups excluding carboxylic acids is 1. The van der Waals surface area contributed by atoms with E-state index >= 15 is 0 Å². The van der Waals surface area contributed by atoms with Gasteiger partial charge in [0, 0.05) is 17.3 Å². The third-order valence-electron chi connectivity index (χ3n) is 2.37. The molecule has 3 heteroatoms. The average Bonchev–Trinajstić information content (AvgIpc) is 2.38. The predicted molar refractivity (Wildman–Crippen MR) is 65.5 cm³/mol. The number of phenolic OH excluding ortho intramolecular Hbond substituents is 1. The SMILES string of the molecule is O=CC=C(c1ccccn1)c1ccccc1O. The topological polar surface area (TPSA) is 50.2 Å². The van der Waals surface area contributed by atoms with Crippen LogP contribution in [0.15, 0.2) is 54.7 Å². The smallest absolute Gasteiger partial charge is 0.143 e. The zero-order valence-corrected chi connectivity index (χ0v) is 9.08. The zero-order chi connectivity index (χ0) is 12.1. The van der Waals surface area contributed by atoms with Crippen LogP contribution < -0.4 is 0 Å². The van der Waals surface area contributed by atoms with Gasteiger partial charge in [0.2, 0.25) is 0 Å². The van der Waals surface area contributed by atoms with Crippen molar-refractivity contribution in [3.63, 3.8) is 0 Å². The van der Waals surface area contributed by atoms with E-state index in [1.165, 1.54) is 6.08 Å². The van der Waals surface area contributed by atoms with Gasteiger partial charge < -0.3 is 5.11 Å². The lowest BCUT2D eigenvalue weighted by Crippen LogP contribution is -1.92. The quantitative estimate of drug-likeness (QED) is 0.644. The van der Waals surface area contributed by atoms with Crippen LogP contribution in [0.25, 0.3) is 5.57 Å². The summed E-state index contributed by atoms with van der Waals surface area (Å²) >= 11 is 0. The Morgan fingerprint density at radius 1 is 1.12 bits per heavy atom. The number of hydrogen-bond donors (Lipinski definition) is 1. The molecule has 0 radical (unpaired) electrons. The van der Waals surface area contributed by atoms with E-state index in [4.69, 9.17) is 0 Å². The van der Waals surface area contributed by atoms with Crippen molar-refractivity contribution in [2.24, 2.45) is 0 Å². The Morgan fingerprint density at radius 2 is 1.88 bits per heavy atom. The van der Waals surface area contributed by atoms with Crippen LogP contribution in [0.1, 0.15) is 11.3 Å². The second-order valence-corrected chi connectivity index (χ2v) is 3.45. The minimum Gasteiger partial charge on any atom is -0.507 e. The Bertz CT molecular complexity index is 547. The Labute approximate surface area is 99.1 Å². The molecule has 0 saturated heterocycles. The highest BCUT2D eigenvalue weighted by atomic mass is 16.3. The van der Waals surface area contributed by atoms with E-state index in [2.05, 4.69) is 4.98 Å². The highest BCUT2D eigenvalue weighted by Crippen LogP contribution is 2.28. The van der Waals surface area contributed by atoms with Gasteiger partial charge in [-0.25, -0.2) is 0 Å². The van der Waals surface area contributed by atoms with E-state index in [0.29, 0.717) is 23.1 Å². The van der Waals surface area contributed by atoms with E-state index in [1.807, 2.05) is 6.07 Å².